The van der Waals surface area contributed by atoms with Crippen LogP contribution in [-0.2, 0) is 9.53 Å². The van der Waals surface area contributed by atoms with Crippen molar-refractivity contribution in [1.82, 2.24) is 0 Å². The Bertz CT molecular complexity index is 191. The van der Waals surface area contributed by atoms with E-state index in [-0.39, 0.29) is 5.97 Å². The highest BCUT2D eigenvalue weighted by molar-refractivity contribution is 7.19. The van der Waals surface area contributed by atoms with Crippen molar-refractivity contribution < 1.29 is 9.53 Å². The van der Waals surface area contributed by atoms with Gasteiger partial charge < -0.3 is 4.74 Å². The molecule has 4 heteroatoms. The minimum absolute atomic E-state index is 0.133. The van der Waals surface area contributed by atoms with Gasteiger partial charge in [0.2, 0.25) is 0 Å². The normalized spacial score (nSPS) is 12.7. The van der Waals surface area contributed by atoms with Crippen molar-refractivity contribution in [3.63, 3.8) is 0 Å². The summed E-state index contributed by atoms with van der Waals surface area (Å²) >= 11 is 6.14. The molecule has 0 atom stereocenters. The van der Waals surface area contributed by atoms with Crippen molar-refractivity contribution >= 4 is 24.4 Å². The molecule has 0 N–H and O–H groups in total. The van der Waals surface area contributed by atoms with E-state index in [1.54, 1.807) is 0 Å². The van der Waals surface area contributed by atoms with E-state index in [1.165, 1.54) is 0 Å². The molecule has 0 saturated heterocycles. The van der Waals surface area contributed by atoms with Crippen LogP contribution >= 0.6 is 11.1 Å². The van der Waals surface area contributed by atoms with Crippen LogP contribution in [0.4, 0.5) is 0 Å². The van der Waals surface area contributed by atoms with Crippen LogP contribution < -0.4 is 0 Å². The number of carbonyl (C=O) groups excluding carboxylic acids is 1. The van der Waals surface area contributed by atoms with Gasteiger partial charge in [-0.1, -0.05) is 13.1 Å². The van der Waals surface area contributed by atoms with E-state index in [1.807, 2.05) is 20.8 Å². The van der Waals surface area contributed by atoms with Crippen LogP contribution in [0.5, 0.6) is 0 Å². The largest absolute Gasteiger partial charge is 0.465 e. The monoisotopic (exact) mass is 236 g/mol. The van der Waals surface area contributed by atoms with Gasteiger partial charge in [0.05, 0.1) is 12.0 Å². The predicted octanol–water partition coefficient (Wildman–Crippen LogP) is 3.41. The molecule has 14 heavy (non-hydrogen) atoms. The van der Waals surface area contributed by atoms with Gasteiger partial charge in [0.15, 0.2) is 7.38 Å². The average Bonchev–Trinajstić information content (AvgIpc) is 1.93. The Hall–Kier alpha value is -0.0231. The summed E-state index contributed by atoms with van der Waals surface area (Å²) in [7, 11) is -1.49. The van der Waals surface area contributed by atoms with Crippen molar-refractivity contribution in [2.24, 2.45) is 5.41 Å². The van der Waals surface area contributed by atoms with E-state index in [4.69, 9.17) is 15.8 Å². The lowest BCUT2D eigenvalue weighted by atomic mass is 9.97. The number of ether oxygens (including phenoxy) is 1. The maximum atomic E-state index is 11.3. The third kappa shape index (κ3) is 7.39. The van der Waals surface area contributed by atoms with E-state index < -0.39 is 12.8 Å². The van der Waals surface area contributed by atoms with Crippen molar-refractivity contribution in [3.8, 4) is 0 Å². The number of carbonyl (C=O) groups is 1. The molecule has 0 aliphatic heterocycles. The first-order valence-electron chi connectivity index (χ1n) is 4.99. The third-order valence-electron chi connectivity index (χ3n) is 1.76. The van der Waals surface area contributed by atoms with Crippen molar-refractivity contribution in [2.45, 2.75) is 46.3 Å². The second-order valence-corrected chi connectivity index (χ2v) is 12.2. The van der Waals surface area contributed by atoms with E-state index in [9.17, 15) is 4.79 Å². The highest BCUT2D eigenvalue weighted by Gasteiger charge is 2.23. The van der Waals surface area contributed by atoms with Gasteiger partial charge in [0.1, 0.15) is 0 Å². The Morgan fingerprint density at radius 3 is 2.21 bits per heavy atom. The van der Waals surface area contributed by atoms with Crippen LogP contribution in [0, 0.1) is 5.41 Å². The Morgan fingerprint density at radius 2 is 1.86 bits per heavy atom. The summed E-state index contributed by atoms with van der Waals surface area (Å²) in [6.07, 6.45) is 0.880. The lowest BCUT2D eigenvalue weighted by Crippen LogP contribution is -2.24. The van der Waals surface area contributed by atoms with Gasteiger partial charge >= 0.3 is 5.97 Å². The first-order chi connectivity index (χ1) is 6.13. The summed E-state index contributed by atoms with van der Waals surface area (Å²) in [4.78, 5) is 11.3. The van der Waals surface area contributed by atoms with Crippen LogP contribution in [-0.4, -0.2) is 20.0 Å². The maximum Gasteiger partial charge on any atom is 0.311 e. The Kier molecular flexibility index (Phi) is 5.16. The van der Waals surface area contributed by atoms with Crippen LogP contribution in [0.25, 0.3) is 0 Å². The van der Waals surface area contributed by atoms with Crippen LogP contribution in [0.3, 0.4) is 0 Å². The van der Waals surface area contributed by atoms with Crippen LogP contribution in [0.15, 0.2) is 0 Å². The van der Waals surface area contributed by atoms with E-state index in [0.29, 0.717) is 6.61 Å². The second kappa shape index (κ2) is 5.17. The zero-order valence-electron chi connectivity index (χ0n) is 9.82. The van der Waals surface area contributed by atoms with Crippen LogP contribution in [0.2, 0.25) is 19.1 Å². The fraction of sp³-hybridized carbons (Fsp3) is 0.900. The number of esters is 1. The highest BCUT2D eigenvalue weighted by Crippen LogP contribution is 2.18. The minimum Gasteiger partial charge on any atom is -0.465 e. The quantitative estimate of drug-likeness (QED) is 0.324. The topological polar surface area (TPSA) is 26.3 Å². The summed E-state index contributed by atoms with van der Waals surface area (Å²) in [6.45, 7) is 10.3. The molecular formula is C10H21ClO2Si. The molecule has 0 saturated carbocycles. The van der Waals surface area contributed by atoms with Gasteiger partial charge in [0.25, 0.3) is 0 Å². The molecule has 0 bridgehead atoms. The fourth-order valence-corrected chi connectivity index (χ4v) is 2.26. The van der Waals surface area contributed by atoms with Gasteiger partial charge in [-0.3, -0.25) is 4.79 Å². The molecule has 0 heterocycles. The first kappa shape index (κ1) is 14.0. The molecule has 0 fully saturated rings. The number of hydrogen-bond acceptors (Lipinski definition) is 2. The molecule has 0 unspecified atom stereocenters. The SMILES string of the molecule is CC(C)(C)C(=O)OCCC[Si](C)(C)Cl. The molecule has 0 aromatic rings. The molecule has 0 aliphatic carbocycles. The molecule has 0 aromatic carbocycles. The molecule has 84 valence electrons. The van der Waals surface area contributed by atoms with E-state index in [0.717, 1.165) is 12.5 Å². The molecule has 0 aliphatic rings. The van der Waals surface area contributed by atoms with Crippen molar-refractivity contribution in [1.29, 1.82) is 0 Å². The van der Waals surface area contributed by atoms with E-state index in [2.05, 4.69) is 13.1 Å². The summed E-state index contributed by atoms with van der Waals surface area (Å²) in [6, 6.07) is 0.992. The van der Waals surface area contributed by atoms with Gasteiger partial charge in [-0.05, 0) is 33.2 Å². The summed E-state index contributed by atoms with van der Waals surface area (Å²) in [5.41, 5.74) is -0.395. The molecule has 0 aromatic heterocycles. The Morgan fingerprint density at radius 1 is 1.36 bits per heavy atom. The van der Waals surface area contributed by atoms with Crippen molar-refractivity contribution in [3.05, 3.63) is 0 Å². The smallest absolute Gasteiger partial charge is 0.311 e. The zero-order valence-corrected chi connectivity index (χ0v) is 11.6. The fourth-order valence-electron chi connectivity index (χ4n) is 0.874. The lowest BCUT2D eigenvalue weighted by molar-refractivity contribution is -0.152. The molecule has 0 spiro atoms. The second-order valence-electron chi connectivity index (χ2n) is 5.21. The number of rotatable bonds is 4. The van der Waals surface area contributed by atoms with Gasteiger partial charge in [-0.15, -0.1) is 0 Å². The molecule has 0 rings (SSSR count). The molecule has 0 radical (unpaired) electrons. The summed E-state index contributed by atoms with van der Waals surface area (Å²) in [5.74, 6) is -0.133. The molecule has 2 nitrogen and oxygen atoms in total. The third-order valence-corrected chi connectivity index (χ3v) is 3.87. The standard InChI is InChI=1S/C10H21ClO2Si/c1-10(2,3)9(12)13-7-6-8-14(4,5)11/h6-8H2,1-5H3. The zero-order chi connectivity index (χ0) is 11.4. The van der Waals surface area contributed by atoms with Gasteiger partial charge in [-0.25, -0.2) is 0 Å². The summed E-state index contributed by atoms with van der Waals surface area (Å²) < 4.78 is 5.13. The molecular weight excluding hydrogens is 216 g/mol. The predicted molar refractivity (Wildman–Crippen MR) is 63.2 cm³/mol. The number of halogens is 1. The summed E-state index contributed by atoms with van der Waals surface area (Å²) in [5, 5.41) is 0. The average molecular weight is 237 g/mol. The number of hydrogen-bond donors (Lipinski definition) is 0. The van der Waals surface area contributed by atoms with E-state index >= 15 is 0 Å². The maximum absolute atomic E-state index is 11.3. The first-order valence-corrected chi connectivity index (χ1v) is 9.21. The lowest BCUT2D eigenvalue weighted by Gasteiger charge is -2.17. The highest BCUT2D eigenvalue weighted by atomic mass is 35.6. The minimum atomic E-state index is -1.49. The van der Waals surface area contributed by atoms with Crippen molar-refractivity contribution in [2.75, 3.05) is 6.61 Å². The van der Waals surface area contributed by atoms with Gasteiger partial charge in [-0.2, -0.15) is 11.1 Å². The van der Waals surface area contributed by atoms with Crippen LogP contribution in [0.1, 0.15) is 27.2 Å². The Balaban J connectivity index is 3.62. The Labute approximate surface area is 92.7 Å². The van der Waals surface area contributed by atoms with Gasteiger partial charge in [0, 0.05) is 0 Å². The molecule has 0 amide bonds.